The van der Waals surface area contributed by atoms with Crippen LogP contribution in [-0.4, -0.2) is 94.9 Å². The van der Waals surface area contributed by atoms with Gasteiger partial charge in [0.15, 0.2) is 23.1 Å². The number of ketones is 1. The maximum atomic E-state index is 13.9. The van der Waals surface area contributed by atoms with Crippen LogP contribution < -0.4 is 0 Å². The largest absolute Gasteiger partial charge is 0.454 e. The number of Topliss-reactive ketones (excluding diaryl/α,β-unsaturated/α-hetero) is 1. The summed E-state index contributed by atoms with van der Waals surface area (Å²) >= 11 is 0. The highest BCUT2D eigenvalue weighted by atomic mass is 16.7. The standard InChI is InChI=1S/C28H46O10/c1-10-25(6)15-18(30)28(33)26(7)17(29)11-12-23(2,3)20(26)19(31)21(27(28,8)38-25)37-22(32)24(4,5)36-16-35-14-13-34-9/h10,17,19-21,29,31,33H,1,11-16H2,2-9H3/t17-,19-,20-,21-,25-,26-,27+,28-/m0/s1. The predicted molar refractivity (Wildman–Crippen MR) is 137 cm³/mol. The highest BCUT2D eigenvalue weighted by molar-refractivity contribution is 5.92. The number of aliphatic hydroxyl groups excluding tert-OH is 2. The minimum absolute atomic E-state index is 0.192. The fourth-order valence-corrected chi connectivity index (χ4v) is 7.19. The first-order valence-electron chi connectivity index (χ1n) is 13.3. The summed E-state index contributed by atoms with van der Waals surface area (Å²) in [6, 6.07) is 0. The van der Waals surface area contributed by atoms with Crippen LogP contribution in [0, 0.1) is 16.7 Å². The molecule has 1 aliphatic heterocycles. The molecule has 0 aromatic carbocycles. The van der Waals surface area contributed by atoms with Gasteiger partial charge >= 0.3 is 5.97 Å². The third-order valence-corrected chi connectivity index (χ3v) is 9.39. The Morgan fingerprint density at radius 2 is 1.82 bits per heavy atom. The van der Waals surface area contributed by atoms with E-state index in [2.05, 4.69) is 6.58 Å². The Hall–Kier alpha value is -1.40. The van der Waals surface area contributed by atoms with Gasteiger partial charge in [0, 0.05) is 24.9 Å². The Labute approximate surface area is 225 Å². The molecule has 0 aromatic rings. The van der Waals surface area contributed by atoms with Crippen molar-refractivity contribution in [2.75, 3.05) is 27.1 Å². The first-order valence-corrected chi connectivity index (χ1v) is 13.3. The zero-order valence-electron chi connectivity index (χ0n) is 24.0. The maximum Gasteiger partial charge on any atom is 0.338 e. The molecule has 1 heterocycles. The summed E-state index contributed by atoms with van der Waals surface area (Å²) in [5, 5.41) is 35.8. The molecule has 2 aliphatic carbocycles. The Balaban J connectivity index is 2.08. The number of aliphatic hydroxyl groups is 3. The molecule has 0 radical (unpaired) electrons. The summed E-state index contributed by atoms with van der Waals surface area (Å²) in [5.74, 6) is -2.20. The molecule has 1 saturated heterocycles. The molecule has 2 saturated carbocycles. The molecule has 10 heteroatoms. The van der Waals surface area contributed by atoms with E-state index < -0.39 is 69.2 Å². The molecule has 3 rings (SSSR count). The molecule has 0 unspecified atom stereocenters. The summed E-state index contributed by atoms with van der Waals surface area (Å²) in [5.41, 5.74) is -9.03. The van der Waals surface area contributed by atoms with Crippen molar-refractivity contribution in [3.8, 4) is 0 Å². The lowest BCUT2D eigenvalue weighted by atomic mass is 9.40. The average molecular weight is 543 g/mol. The molecule has 218 valence electrons. The van der Waals surface area contributed by atoms with Gasteiger partial charge in [0.05, 0.1) is 31.0 Å². The van der Waals surface area contributed by atoms with Crippen LogP contribution in [0.25, 0.3) is 0 Å². The number of ether oxygens (including phenoxy) is 5. The van der Waals surface area contributed by atoms with E-state index in [9.17, 15) is 24.9 Å². The number of esters is 1. The average Bonchev–Trinajstić information content (AvgIpc) is 2.82. The first-order chi connectivity index (χ1) is 17.4. The van der Waals surface area contributed by atoms with Crippen molar-refractivity contribution in [2.45, 2.75) is 108 Å². The van der Waals surface area contributed by atoms with Crippen molar-refractivity contribution in [1.82, 2.24) is 0 Å². The smallest absolute Gasteiger partial charge is 0.338 e. The molecule has 0 amide bonds. The lowest BCUT2D eigenvalue weighted by Gasteiger charge is -2.71. The number of carbonyl (C=O) groups is 2. The summed E-state index contributed by atoms with van der Waals surface area (Å²) in [4.78, 5) is 27.4. The zero-order chi connectivity index (χ0) is 28.9. The third kappa shape index (κ3) is 4.56. The van der Waals surface area contributed by atoms with Gasteiger partial charge in [-0.15, -0.1) is 6.58 Å². The van der Waals surface area contributed by atoms with Crippen molar-refractivity contribution >= 4 is 11.8 Å². The van der Waals surface area contributed by atoms with Gasteiger partial charge in [-0.3, -0.25) is 4.79 Å². The Morgan fingerprint density at radius 1 is 1.18 bits per heavy atom. The van der Waals surface area contributed by atoms with E-state index in [1.165, 1.54) is 34.0 Å². The van der Waals surface area contributed by atoms with E-state index in [0.717, 1.165) is 0 Å². The second-order valence-corrected chi connectivity index (χ2v) is 12.8. The van der Waals surface area contributed by atoms with Gasteiger partial charge in [0.1, 0.15) is 12.4 Å². The molecule has 8 atom stereocenters. The zero-order valence-corrected chi connectivity index (χ0v) is 24.0. The minimum atomic E-state index is -2.29. The molecule has 3 N–H and O–H groups in total. The fraction of sp³-hybridized carbons (Fsp3) is 0.857. The second-order valence-electron chi connectivity index (χ2n) is 12.8. The Kier molecular flexibility index (Phi) is 8.37. The van der Waals surface area contributed by atoms with Gasteiger partial charge < -0.3 is 39.0 Å². The van der Waals surface area contributed by atoms with Gasteiger partial charge in [-0.05, 0) is 46.0 Å². The van der Waals surface area contributed by atoms with Gasteiger partial charge in [-0.25, -0.2) is 4.79 Å². The Bertz CT molecular complexity index is 933. The number of carbonyl (C=O) groups excluding carboxylic acids is 2. The highest BCUT2D eigenvalue weighted by Crippen LogP contribution is 2.67. The number of hydrogen-bond donors (Lipinski definition) is 3. The summed E-state index contributed by atoms with van der Waals surface area (Å²) in [7, 11) is 1.54. The van der Waals surface area contributed by atoms with Crippen LogP contribution in [0.1, 0.15) is 67.7 Å². The lowest BCUT2D eigenvalue weighted by Crippen LogP contribution is -2.86. The van der Waals surface area contributed by atoms with Gasteiger partial charge in [0.2, 0.25) is 0 Å². The molecular formula is C28H46O10. The van der Waals surface area contributed by atoms with Crippen LogP contribution in [-0.2, 0) is 33.3 Å². The fourth-order valence-electron chi connectivity index (χ4n) is 7.19. The van der Waals surface area contributed by atoms with Gasteiger partial charge in [0.25, 0.3) is 0 Å². The van der Waals surface area contributed by atoms with Crippen LogP contribution in [0.3, 0.4) is 0 Å². The predicted octanol–water partition coefficient (Wildman–Crippen LogP) is 1.92. The first kappa shape index (κ1) is 31.1. The summed E-state index contributed by atoms with van der Waals surface area (Å²) in [6.07, 6.45) is -1.84. The molecule has 0 spiro atoms. The van der Waals surface area contributed by atoms with Crippen molar-refractivity contribution in [3.63, 3.8) is 0 Å². The maximum absolute atomic E-state index is 13.9. The number of fused-ring (bicyclic) bond motifs is 3. The van der Waals surface area contributed by atoms with Crippen LogP contribution in [0.4, 0.5) is 0 Å². The quantitative estimate of drug-likeness (QED) is 0.171. The Morgan fingerprint density at radius 3 is 2.39 bits per heavy atom. The third-order valence-electron chi connectivity index (χ3n) is 9.39. The van der Waals surface area contributed by atoms with Crippen LogP contribution in [0.15, 0.2) is 12.7 Å². The number of rotatable bonds is 9. The molecule has 38 heavy (non-hydrogen) atoms. The van der Waals surface area contributed by atoms with Gasteiger partial charge in [-0.2, -0.15) is 0 Å². The number of hydrogen-bond acceptors (Lipinski definition) is 10. The molecule has 0 aromatic heterocycles. The van der Waals surface area contributed by atoms with Crippen LogP contribution in [0.2, 0.25) is 0 Å². The van der Waals surface area contributed by atoms with E-state index in [1.54, 1.807) is 13.8 Å². The van der Waals surface area contributed by atoms with E-state index >= 15 is 0 Å². The van der Waals surface area contributed by atoms with Gasteiger partial charge in [-0.1, -0.05) is 26.8 Å². The van der Waals surface area contributed by atoms with Crippen molar-refractivity contribution < 1.29 is 48.6 Å². The summed E-state index contributed by atoms with van der Waals surface area (Å²) in [6.45, 7) is 15.8. The lowest BCUT2D eigenvalue weighted by molar-refractivity contribution is -0.371. The van der Waals surface area contributed by atoms with E-state index in [4.69, 9.17) is 23.7 Å². The van der Waals surface area contributed by atoms with E-state index in [-0.39, 0.29) is 19.8 Å². The van der Waals surface area contributed by atoms with E-state index in [0.29, 0.717) is 19.4 Å². The SMILES string of the molecule is C=C[C@@]1(C)CC(=O)[C@]2(O)[C@@]3(C)[C@@H](O)CCC(C)(C)[C@@H]3[C@H](O)[C@H](OC(=O)C(C)(C)OCOCCOC)[C@@]2(C)O1. The van der Waals surface area contributed by atoms with Crippen molar-refractivity contribution in [2.24, 2.45) is 16.7 Å². The molecule has 3 aliphatic rings. The highest BCUT2D eigenvalue weighted by Gasteiger charge is 2.81. The minimum Gasteiger partial charge on any atom is -0.454 e. The normalized spacial score (nSPS) is 42.7. The monoisotopic (exact) mass is 542 g/mol. The molecule has 0 bridgehead atoms. The topological polar surface area (TPSA) is 141 Å². The molecular weight excluding hydrogens is 496 g/mol. The molecule has 10 nitrogen and oxygen atoms in total. The summed E-state index contributed by atoms with van der Waals surface area (Å²) < 4.78 is 28.2. The van der Waals surface area contributed by atoms with Crippen molar-refractivity contribution in [3.05, 3.63) is 12.7 Å². The van der Waals surface area contributed by atoms with Crippen molar-refractivity contribution in [1.29, 1.82) is 0 Å². The second kappa shape index (κ2) is 10.2. The number of methoxy groups -OCH3 is 1. The van der Waals surface area contributed by atoms with E-state index in [1.807, 2.05) is 13.8 Å². The molecule has 3 fully saturated rings. The van der Waals surface area contributed by atoms with Crippen LogP contribution in [0.5, 0.6) is 0 Å². The van der Waals surface area contributed by atoms with Crippen LogP contribution >= 0.6 is 0 Å².